The Labute approximate surface area is 184 Å². The fourth-order valence-corrected chi connectivity index (χ4v) is 3.61. The first-order valence-corrected chi connectivity index (χ1v) is 10.0. The Kier molecular flexibility index (Phi) is 5.52. The van der Waals surface area contributed by atoms with Crippen molar-refractivity contribution in [3.8, 4) is 23.0 Å². The van der Waals surface area contributed by atoms with E-state index in [0.29, 0.717) is 22.4 Å². The van der Waals surface area contributed by atoms with Gasteiger partial charge in [-0.05, 0) is 61.9 Å². The average Bonchev–Trinajstić information content (AvgIpc) is 3.22. The maximum Gasteiger partial charge on any atom is 0.271 e. The molecule has 0 saturated heterocycles. The number of likely N-dealkylation sites (N-methyl/N-ethyl adjacent to an activating group) is 1. The highest BCUT2D eigenvalue weighted by Gasteiger charge is 2.34. The quantitative estimate of drug-likeness (QED) is 0.461. The van der Waals surface area contributed by atoms with Crippen LogP contribution in [0.3, 0.4) is 0 Å². The summed E-state index contributed by atoms with van der Waals surface area (Å²) in [5.74, 6) is -1.42. The van der Waals surface area contributed by atoms with Gasteiger partial charge in [0.05, 0.1) is 11.4 Å². The average molecular weight is 426 g/mol. The van der Waals surface area contributed by atoms with Gasteiger partial charge in [-0.1, -0.05) is 18.2 Å². The van der Waals surface area contributed by atoms with Crippen LogP contribution in [-0.2, 0) is 9.59 Å². The van der Waals surface area contributed by atoms with Crippen molar-refractivity contribution in [2.45, 2.75) is 13.8 Å². The summed E-state index contributed by atoms with van der Waals surface area (Å²) in [5.41, 5.74) is 3.14. The highest BCUT2D eigenvalue weighted by molar-refractivity contribution is 6.19. The van der Waals surface area contributed by atoms with Gasteiger partial charge < -0.3 is 0 Å². The molecule has 0 fully saturated rings. The highest BCUT2D eigenvalue weighted by atomic mass is 19.1. The van der Waals surface area contributed by atoms with E-state index >= 15 is 0 Å². The van der Waals surface area contributed by atoms with Gasteiger partial charge in [-0.15, -0.1) is 0 Å². The number of imide groups is 1. The standard InChI is InChI=1S/C25H19FN4O2/c1-3-29-24(31)21(16(2)22(14-27)25(29)32)13-18-15-30(20-7-5-4-6-8-20)28-23(18)17-9-11-19(26)12-10-17/h4-13,15H,3H2,1-2H3/b21-13+. The number of aromatic nitrogens is 2. The molecule has 0 saturated carbocycles. The number of amides is 2. The number of hydrogen-bond acceptors (Lipinski definition) is 4. The van der Waals surface area contributed by atoms with Crippen LogP contribution in [0.5, 0.6) is 0 Å². The minimum atomic E-state index is -0.589. The smallest absolute Gasteiger partial charge is 0.271 e. The molecule has 0 aliphatic carbocycles. The molecule has 7 heteroatoms. The molecule has 4 rings (SSSR count). The largest absolute Gasteiger partial charge is 0.274 e. The van der Waals surface area contributed by atoms with E-state index in [0.717, 1.165) is 10.6 Å². The van der Waals surface area contributed by atoms with Crippen molar-refractivity contribution in [2.75, 3.05) is 6.54 Å². The SMILES string of the molecule is CCN1C(=O)C(C#N)=C(C)/C(=C\c2cn(-c3ccccc3)nc2-c2ccc(F)cc2)C1=O. The number of benzene rings is 2. The Morgan fingerprint density at radius 2 is 1.75 bits per heavy atom. The second-order valence-corrected chi connectivity index (χ2v) is 7.24. The molecule has 1 aromatic heterocycles. The molecule has 0 atom stereocenters. The molecule has 6 nitrogen and oxygen atoms in total. The van der Waals surface area contributed by atoms with Crippen LogP contribution in [0.2, 0.25) is 0 Å². The number of nitrogens with zero attached hydrogens (tertiary/aromatic N) is 4. The second kappa shape index (κ2) is 8.44. The third-order valence-electron chi connectivity index (χ3n) is 5.32. The van der Waals surface area contributed by atoms with E-state index in [4.69, 9.17) is 0 Å². The Hall–Kier alpha value is -4.31. The summed E-state index contributed by atoms with van der Waals surface area (Å²) in [5, 5.41) is 14.1. The lowest BCUT2D eigenvalue weighted by atomic mass is 9.93. The van der Waals surface area contributed by atoms with E-state index in [9.17, 15) is 19.2 Å². The van der Waals surface area contributed by atoms with E-state index in [1.165, 1.54) is 12.1 Å². The second-order valence-electron chi connectivity index (χ2n) is 7.24. The number of rotatable bonds is 4. The molecule has 2 amide bonds. The predicted octanol–water partition coefficient (Wildman–Crippen LogP) is 4.29. The lowest BCUT2D eigenvalue weighted by Crippen LogP contribution is -2.42. The maximum atomic E-state index is 13.5. The third kappa shape index (κ3) is 3.63. The Bertz CT molecular complexity index is 1310. The predicted molar refractivity (Wildman–Crippen MR) is 118 cm³/mol. The molecule has 32 heavy (non-hydrogen) atoms. The summed E-state index contributed by atoms with van der Waals surface area (Å²) in [6, 6.07) is 17.3. The number of carbonyl (C=O) groups is 2. The summed E-state index contributed by atoms with van der Waals surface area (Å²) in [6.45, 7) is 3.42. The maximum absolute atomic E-state index is 13.5. The van der Waals surface area contributed by atoms with Crippen LogP contribution in [0, 0.1) is 17.1 Å². The van der Waals surface area contributed by atoms with Crippen molar-refractivity contribution >= 4 is 17.9 Å². The zero-order chi connectivity index (χ0) is 22.8. The van der Waals surface area contributed by atoms with E-state index in [-0.39, 0.29) is 23.5 Å². The van der Waals surface area contributed by atoms with Gasteiger partial charge in [0.2, 0.25) is 0 Å². The van der Waals surface area contributed by atoms with Gasteiger partial charge in [0.1, 0.15) is 17.5 Å². The zero-order valence-electron chi connectivity index (χ0n) is 17.5. The minimum absolute atomic E-state index is 0.0588. The molecular formula is C25H19FN4O2. The first-order chi connectivity index (χ1) is 15.4. The van der Waals surface area contributed by atoms with Gasteiger partial charge in [-0.25, -0.2) is 9.07 Å². The minimum Gasteiger partial charge on any atom is -0.274 e. The van der Waals surface area contributed by atoms with Gasteiger partial charge >= 0.3 is 0 Å². The van der Waals surface area contributed by atoms with Crippen LogP contribution in [0.15, 0.2) is 77.5 Å². The fraction of sp³-hybridized carbons (Fsp3) is 0.120. The number of carbonyl (C=O) groups excluding carboxylic acids is 2. The van der Waals surface area contributed by atoms with Crippen molar-refractivity contribution in [1.82, 2.24) is 14.7 Å². The van der Waals surface area contributed by atoms with Gasteiger partial charge in [0.25, 0.3) is 11.8 Å². The number of hydrogen-bond donors (Lipinski definition) is 0. The van der Waals surface area contributed by atoms with Crippen LogP contribution < -0.4 is 0 Å². The van der Waals surface area contributed by atoms with Gasteiger partial charge in [-0.2, -0.15) is 10.4 Å². The highest BCUT2D eigenvalue weighted by Crippen LogP contribution is 2.31. The van der Waals surface area contributed by atoms with Gasteiger partial charge in [-0.3, -0.25) is 14.5 Å². The third-order valence-corrected chi connectivity index (χ3v) is 5.32. The molecule has 0 N–H and O–H groups in total. The van der Waals surface area contributed by atoms with Gasteiger partial charge in [0.15, 0.2) is 0 Å². The molecule has 0 unspecified atom stereocenters. The van der Waals surface area contributed by atoms with Crippen LogP contribution in [0.25, 0.3) is 23.0 Å². The Balaban J connectivity index is 1.93. The Morgan fingerprint density at radius 3 is 2.38 bits per heavy atom. The summed E-state index contributed by atoms with van der Waals surface area (Å²) in [6.07, 6.45) is 3.40. The molecule has 0 spiro atoms. The number of para-hydroxylation sites is 1. The first kappa shape index (κ1) is 20.9. The van der Waals surface area contributed by atoms with Crippen molar-refractivity contribution in [3.05, 3.63) is 88.9 Å². The Morgan fingerprint density at radius 1 is 1.06 bits per heavy atom. The lowest BCUT2D eigenvalue weighted by molar-refractivity contribution is -0.140. The number of halogens is 1. The van der Waals surface area contributed by atoms with Gasteiger partial charge in [0, 0.05) is 29.4 Å². The van der Waals surface area contributed by atoms with E-state index in [1.54, 1.807) is 42.9 Å². The molecule has 1 aliphatic rings. The monoisotopic (exact) mass is 426 g/mol. The molecule has 0 radical (unpaired) electrons. The van der Waals surface area contributed by atoms with Crippen molar-refractivity contribution < 1.29 is 14.0 Å². The number of nitriles is 1. The summed E-state index contributed by atoms with van der Waals surface area (Å²) in [7, 11) is 0. The fourth-order valence-electron chi connectivity index (χ4n) is 3.61. The molecule has 2 heterocycles. The van der Waals surface area contributed by atoms with Crippen LogP contribution in [-0.4, -0.2) is 33.0 Å². The molecule has 0 bridgehead atoms. The first-order valence-electron chi connectivity index (χ1n) is 10.0. The van der Waals surface area contributed by atoms with E-state index < -0.39 is 11.8 Å². The summed E-state index contributed by atoms with van der Waals surface area (Å²) >= 11 is 0. The molecular weight excluding hydrogens is 407 g/mol. The molecule has 158 valence electrons. The summed E-state index contributed by atoms with van der Waals surface area (Å²) < 4.78 is 15.2. The molecule has 2 aromatic carbocycles. The topological polar surface area (TPSA) is 79.0 Å². The van der Waals surface area contributed by atoms with Crippen LogP contribution in [0.1, 0.15) is 19.4 Å². The molecule has 1 aliphatic heterocycles. The van der Waals surface area contributed by atoms with Crippen LogP contribution in [0.4, 0.5) is 4.39 Å². The van der Waals surface area contributed by atoms with E-state index in [1.807, 2.05) is 36.4 Å². The zero-order valence-corrected chi connectivity index (χ0v) is 17.5. The molecule has 3 aromatic rings. The van der Waals surface area contributed by atoms with Crippen LogP contribution >= 0.6 is 0 Å². The van der Waals surface area contributed by atoms with E-state index in [2.05, 4.69) is 5.10 Å². The van der Waals surface area contributed by atoms with Crippen molar-refractivity contribution in [3.63, 3.8) is 0 Å². The van der Waals surface area contributed by atoms with Crippen molar-refractivity contribution in [1.29, 1.82) is 5.26 Å². The summed E-state index contributed by atoms with van der Waals surface area (Å²) in [4.78, 5) is 26.5. The normalized spacial score (nSPS) is 15.4. The lowest BCUT2D eigenvalue weighted by Gasteiger charge is -2.26. The van der Waals surface area contributed by atoms with Crippen molar-refractivity contribution in [2.24, 2.45) is 0 Å².